The molecular formula is C13H17NO2S. The fraction of sp³-hybridized carbons (Fsp3) is 0.462. The van der Waals surface area contributed by atoms with Gasteiger partial charge < -0.3 is 5.11 Å². The number of nitrogens with zero attached hydrogens (tertiary/aromatic N) is 1. The zero-order valence-corrected chi connectivity index (χ0v) is 10.7. The molecule has 1 aliphatic rings. The van der Waals surface area contributed by atoms with Crippen LogP contribution in [0.5, 0.6) is 5.75 Å². The number of rotatable bonds is 3. The number of ketones is 1. The van der Waals surface area contributed by atoms with Crippen LogP contribution >= 0.6 is 11.8 Å². The Bertz CT molecular complexity index is 391. The van der Waals surface area contributed by atoms with Crippen LogP contribution in [-0.2, 0) is 0 Å². The first-order chi connectivity index (χ1) is 8.16. The van der Waals surface area contributed by atoms with Gasteiger partial charge in [-0.15, -0.1) is 0 Å². The van der Waals surface area contributed by atoms with Gasteiger partial charge in [0.05, 0.1) is 6.54 Å². The molecule has 4 heteroatoms. The minimum atomic E-state index is 0.128. The highest BCUT2D eigenvalue weighted by molar-refractivity contribution is 7.99. The molecule has 1 fully saturated rings. The molecular weight excluding hydrogens is 234 g/mol. The second-order valence-electron chi connectivity index (χ2n) is 4.36. The zero-order chi connectivity index (χ0) is 12.3. The highest BCUT2D eigenvalue weighted by Gasteiger charge is 2.21. The van der Waals surface area contributed by atoms with Gasteiger partial charge in [0.15, 0.2) is 5.78 Å². The SMILES string of the molecule is CC1CSCCN1CC(=O)c1ccc(O)cc1. The molecule has 1 saturated heterocycles. The molecule has 92 valence electrons. The topological polar surface area (TPSA) is 40.5 Å². The number of Topliss-reactive ketones (excluding diaryl/α,β-unsaturated/α-hetero) is 1. The van der Waals surface area contributed by atoms with Gasteiger partial charge in [-0.1, -0.05) is 0 Å². The van der Waals surface area contributed by atoms with Crippen LogP contribution in [0.25, 0.3) is 0 Å². The van der Waals surface area contributed by atoms with Crippen LogP contribution in [0.2, 0.25) is 0 Å². The van der Waals surface area contributed by atoms with Gasteiger partial charge in [-0.25, -0.2) is 0 Å². The summed E-state index contributed by atoms with van der Waals surface area (Å²) in [5.74, 6) is 2.53. The predicted octanol–water partition coefficient (Wildman–Crippen LogP) is 2.01. The van der Waals surface area contributed by atoms with Crippen molar-refractivity contribution in [1.29, 1.82) is 0 Å². The van der Waals surface area contributed by atoms with Crippen molar-refractivity contribution in [1.82, 2.24) is 4.90 Å². The third-order valence-corrected chi connectivity index (χ3v) is 4.23. The minimum absolute atomic E-state index is 0.128. The molecule has 0 aliphatic carbocycles. The summed E-state index contributed by atoms with van der Waals surface area (Å²) in [7, 11) is 0. The molecule has 1 atom stereocenters. The fourth-order valence-corrected chi connectivity index (χ4v) is 3.00. The van der Waals surface area contributed by atoms with Crippen molar-refractivity contribution < 1.29 is 9.90 Å². The molecule has 0 amide bonds. The standard InChI is InChI=1S/C13H17NO2S/c1-10-9-17-7-6-14(10)8-13(16)11-2-4-12(15)5-3-11/h2-5,10,15H,6-9H2,1H3. The van der Waals surface area contributed by atoms with Crippen molar-refractivity contribution in [3.8, 4) is 5.75 Å². The summed E-state index contributed by atoms with van der Waals surface area (Å²) in [6, 6.07) is 6.95. The number of carbonyl (C=O) groups excluding carboxylic acids is 1. The number of hydrogen-bond donors (Lipinski definition) is 1. The van der Waals surface area contributed by atoms with Crippen LogP contribution in [0.3, 0.4) is 0 Å². The lowest BCUT2D eigenvalue weighted by Crippen LogP contribution is -2.43. The second kappa shape index (κ2) is 5.56. The molecule has 2 rings (SSSR count). The van der Waals surface area contributed by atoms with E-state index in [1.807, 2.05) is 11.8 Å². The Morgan fingerprint density at radius 1 is 1.47 bits per heavy atom. The van der Waals surface area contributed by atoms with Gasteiger partial charge >= 0.3 is 0 Å². The Balaban J connectivity index is 1.98. The molecule has 1 heterocycles. The monoisotopic (exact) mass is 251 g/mol. The summed E-state index contributed by atoms with van der Waals surface area (Å²) in [4.78, 5) is 14.3. The maximum atomic E-state index is 12.0. The lowest BCUT2D eigenvalue weighted by atomic mass is 10.1. The Morgan fingerprint density at radius 2 is 2.18 bits per heavy atom. The van der Waals surface area contributed by atoms with Gasteiger partial charge in [0.2, 0.25) is 0 Å². The van der Waals surface area contributed by atoms with Gasteiger partial charge in [-0.2, -0.15) is 11.8 Å². The first-order valence-corrected chi connectivity index (χ1v) is 6.96. The molecule has 1 N–H and O–H groups in total. The average Bonchev–Trinajstić information content (AvgIpc) is 2.33. The van der Waals surface area contributed by atoms with E-state index in [0.717, 1.165) is 18.1 Å². The van der Waals surface area contributed by atoms with Crippen molar-refractivity contribution >= 4 is 17.5 Å². The summed E-state index contributed by atoms with van der Waals surface area (Å²) >= 11 is 1.95. The number of thioether (sulfide) groups is 1. The number of hydrogen-bond acceptors (Lipinski definition) is 4. The molecule has 1 aliphatic heterocycles. The highest BCUT2D eigenvalue weighted by Crippen LogP contribution is 2.17. The van der Waals surface area contributed by atoms with E-state index < -0.39 is 0 Å². The Morgan fingerprint density at radius 3 is 2.82 bits per heavy atom. The molecule has 0 radical (unpaired) electrons. The van der Waals surface area contributed by atoms with Crippen LogP contribution in [0, 0.1) is 0 Å². The van der Waals surface area contributed by atoms with Crippen LogP contribution < -0.4 is 0 Å². The van der Waals surface area contributed by atoms with Gasteiger partial charge in [0.25, 0.3) is 0 Å². The maximum Gasteiger partial charge on any atom is 0.176 e. The molecule has 0 spiro atoms. The number of phenols is 1. The van der Waals surface area contributed by atoms with E-state index in [0.29, 0.717) is 18.2 Å². The van der Waals surface area contributed by atoms with Gasteiger partial charge in [0, 0.05) is 29.7 Å². The van der Waals surface area contributed by atoms with E-state index in [2.05, 4.69) is 11.8 Å². The van der Waals surface area contributed by atoms with Crippen LogP contribution in [0.1, 0.15) is 17.3 Å². The van der Waals surface area contributed by atoms with Crippen LogP contribution in [0.15, 0.2) is 24.3 Å². The predicted molar refractivity (Wildman–Crippen MR) is 70.8 cm³/mol. The lowest BCUT2D eigenvalue weighted by Gasteiger charge is -2.32. The van der Waals surface area contributed by atoms with Crippen molar-refractivity contribution in [3.63, 3.8) is 0 Å². The average molecular weight is 251 g/mol. The third-order valence-electron chi connectivity index (χ3n) is 3.04. The summed E-state index contributed by atoms with van der Waals surface area (Å²) < 4.78 is 0. The summed E-state index contributed by atoms with van der Waals surface area (Å²) in [6.07, 6.45) is 0. The highest BCUT2D eigenvalue weighted by atomic mass is 32.2. The normalized spacial score (nSPS) is 21.4. The lowest BCUT2D eigenvalue weighted by molar-refractivity contribution is 0.0911. The molecule has 1 aromatic carbocycles. The Hall–Kier alpha value is -1.00. The van der Waals surface area contributed by atoms with E-state index >= 15 is 0 Å². The van der Waals surface area contributed by atoms with Crippen molar-refractivity contribution in [2.75, 3.05) is 24.6 Å². The van der Waals surface area contributed by atoms with E-state index in [-0.39, 0.29) is 11.5 Å². The number of benzene rings is 1. The summed E-state index contributed by atoms with van der Waals surface area (Å²) in [5, 5.41) is 9.18. The number of phenolic OH excluding ortho intramolecular Hbond substituents is 1. The zero-order valence-electron chi connectivity index (χ0n) is 9.93. The maximum absolute atomic E-state index is 12.0. The third kappa shape index (κ3) is 3.23. The molecule has 0 aromatic heterocycles. The van der Waals surface area contributed by atoms with Gasteiger partial charge in [0.1, 0.15) is 5.75 Å². The van der Waals surface area contributed by atoms with E-state index in [1.54, 1.807) is 24.3 Å². The summed E-state index contributed by atoms with van der Waals surface area (Å²) in [5.41, 5.74) is 0.674. The Kier molecular flexibility index (Phi) is 4.07. The van der Waals surface area contributed by atoms with Crippen molar-refractivity contribution in [3.05, 3.63) is 29.8 Å². The quantitative estimate of drug-likeness (QED) is 0.834. The van der Waals surface area contributed by atoms with Crippen LogP contribution in [-0.4, -0.2) is 46.4 Å². The van der Waals surface area contributed by atoms with Gasteiger partial charge in [-0.05, 0) is 31.2 Å². The minimum Gasteiger partial charge on any atom is -0.508 e. The molecule has 1 aromatic rings. The summed E-state index contributed by atoms with van der Waals surface area (Å²) in [6.45, 7) is 3.62. The largest absolute Gasteiger partial charge is 0.508 e. The first kappa shape index (κ1) is 12.5. The van der Waals surface area contributed by atoms with Crippen molar-refractivity contribution in [2.45, 2.75) is 13.0 Å². The van der Waals surface area contributed by atoms with E-state index in [9.17, 15) is 9.90 Å². The molecule has 17 heavy (non-hydrogen) atoms. The smallest absolute Gasteiger partial charge is 0.176 e. The first-order valence-electron chi connectivity index (χ1n) is 5.81. The van der Waals surface area contributed by atoms with E-state index in [1.165, 1.54) is 0 Å². The second-order valence-corrected chi connectivity index (χ2v) is 5.51. The van der Waals surface area contributed by atoms with Crippen LogP contribution in [0.4, 0.5) is 0 Å². The molecule has 1 unspecified atom stereocenters. The number of carbonyl (C=O) groups is 1. The van der Waals surface area contributed by atoms with Gasteiger partial charge in [-0.3, -0.25) is 9.69 Å². The number of aromatic hydroxyl groups is 1. The van der Waals surface area contributed by atoms with Crippen molar-refractivity contribution in [2.24, 2.45) is 0 Å². The molecule has 3 nitrogen and oxygen atoms in total. The Labute approximate surface area is 106 Å². The molecule has 0 saturated carbocycles. The molecule has 0 bridgehead atoms. The van der Waals surface area contributed by atoms with E-state index in [4.69, 9.17) is 0 Å². The fourth-order valence-electron chi connectivity index (χ4n) is 1.92.